The number of nitrogens with one attached hydrogen (secondary N) is 2. The Labute approximate surface area is 244 Å². The van der Waals surface area contributed by atoms with Crippen LogP contribution in [0.2, 0.25) is 5.02 Å². The van der Waals surface area contributed by atoms with Gasteiger partial charge in [0.25, 0.3) is 5.91 Å². The van der Waals surface area contributed by atoms with Crippen LogP contribution in [0.25, 0.3) is 5.65 Å². The molecular weight excluding hydrogens is 538 g/mol. The summed E-state index contributed by atoms with van der Waals surface area (Å²) in [6.07, 6.45) is 6.27. The van der Waals surface area contributed by atoms with Gasteiger partial charge < -0.3 is 25.5 Å². The summed E-state index contributed by atoms with van der Waals surface area (Å²) in [5, 5.41) is 23.4. The van der Waals surface area contributed by atoms with Crippen LogP contribution in [-0.4, -0.2) is 68.8 Å². The Morgan fingerprint density at radius 1 is 0.976 bits per heavy atom. The topological polar surface area (TPSA) is 98.0 Å². The Morgan fingerprint density at radius 2 is 1.76 bits per heavy atom. The van der Waals surface area contributed by atoms with Gasteiger partial charge >= 0.3 is 0 Å². The van der Waals surface area contributed by atoms with Gasteiger partial charge in [0.05, 0.1) is 16.8 Å². The largest absolute Gasteiger partial charge is 0.385 e. The fourth-order valence-corrected chi connectivity index (χ4v) is 6.89. The smallest absolute Gasteiger partial charge is 0.254 e. The molecule has 3 saturated heterocycles. The standard InChI is InChI=1S/C31H34ClN7O2/c32-24-8-6-23(7-9-24)31(41)14-19-37(20-15-31)26-3-1-18-39-27(26)35-29(36-39)34-25-10-4-22(5-11-25)28(40)38-17-2-12-30(38)13-16-33-21-30/h1,3-11,18,33,41H,2,12-17,19-21H2,(H,34,36). The first-order valence-electron chi connectivity index (χ1n) is 14.4. The molecule has 5 heterocycles. The molecule has 4 aromatic rings. The van der Waals surface area contributed by atoms with Crippen molar-refractivity contribution in [3.63, 3.8) is 0 Å². The van der Waals surface area contributed by atoms with Crippen LogP contribution in [0.1, 0.15) is 48.0 Å². The van der Waals surface area contributed by atoms with Crippen molar-refractivity contribution in [1.29, 1.82) is 0 Å². The van der Waals surface area contributed by atoms with E-state index in [1.807, 2.05) is 66.9 Å². The van der Waals surface area contributed by atoms with Crippen molar-refractivity contribution in [1.82, 2.24) is 24.8 Å². The van der Waals surface area contributed by atoms with Gasteiger partial charge in [-0.25, -0.2) is 4.52 Å². The number of nitrogens with zero attached hydrogens (tertiary/aromatic N) is 5. The summed E-state index contributed by atoms with van der Waals surface area (Å²) in [4.78, 5) is 22.5. The zero-order valence-electron chi connectivity index (χ0n) is 22.9. The molecule has 1 unspecified atom stereocenters. The number of amides is 1. The molecular formula is C31H34ClN7O2. The molecule has 0 saturated carbocycles. The van der Waals surface area contributed by atoms with Crippen LogP contribution in [0.15, 0.2) is 66.9 Å². The number of piperidine rings is 1. The number of rotatable bonds is 5. The van der Waals surface area contributed by atoms with Gasteiger partial charge in [0.15, 0.2) is 5.65 Å². The SMILES string of the molecule is O=C(c1ccc(Nc2nc3c(N4CCC(O)(c5ccc(Cl)cc5)CC4)cccn3n2)cc1)N1CCCC12CCNC2. The Morgan fingerprint density at radius 3 is 2.49 bits per heavy atom. The summed E-state index contributed by atoms with van der Waals surface area (Å²) in [6, 6.07) is 19.1. The van der Waals surface area contributed by atoms with Crippen LogP contribution >= 0.6 is 11.6 Å². The normalized spacial score (nSPS) is 22.1. The molecule has 1 spiro atoms. The van der Waals surface area contributed by atoms with Gasteiger partial charge in [-0.05, 0) is 92.7 Å². The minimum atomic E-state index is -0.872. The molecule has 0 aliphatic carbocycles. The van der Waals surface area contributed by atoms with E-state index in [-0.39, 0.29) is 11.4 Å². The summed E-state index contributed by atoms with van der Waals surface area (Å²) in [6.45, 7) is 4.08. The molecule has 3 fully saturated rings. The van der Waals surface area contributed by atoms with Gasteiger partial charge in [0.1, 0.15) is 0 Å². The molecule has 3 aliphatic heterocycles. The molecule has 1 amide bonds. The van der Waals surface area contributed by atoms with Crippen molar-refractivity contribution in [2.45, 2.75) is 43.2 Å². The number of fused-ring (bicyclic) bond motifs is 1. The lowest BCUT2D eigenvalue weighted by atomic mass is 9.84. The highest BCUT2D eigenvalue weighted by molar-refractivity contribution is 6.30. The summed E-state index contributed by atoms with van der Waals surface area (Å²) in [5.41, 5.74) is 3.27. The van der Waals surface area contributed by atoms with E-state index >= 15 is 0 Å². The number of carbonyl (C=O) groups is 1. The average Bonchev–Trinajstić information content (AvgIpc) is 3.74. The number of aliphatic hydroxyl groups is 1. The average molecular weight is 572 g/mol. The summed E-state index contributed by atoms with van der Waals surface area (Å²) in [7, 11) is 0. The number of hydrogen-bond donors (Lipinski definition) is 3. The lowest BCUT2D eigenvalue weighted by molar-refractivity contribution is 0.0118. The van der Waals surface area contributed by atoms with Gasteiger partial charge in [-0.3, -0.25) is 4.79 Å². The number of likely N-dealkylation sites (tertiary alicyclic amines) is 1. The molecule has 212 valence electrons. The first-order valence-corrected chi connectivity index (χ1v) is 14.8. The second-order valence-electron chi connectivity index (χ2n) is 11.5. The molecule has 41 heavy (non-hydrogen) atoms. The maximum Gasteiger partial charge on any atom is 0.254 e. The summed E-state index contributed by atoms with van der Waals surface area (Å²) >= 11 is 6.05. The number of halogens is 1. The molecule has 0 bridgehead atoms. The fourth-order valence-electron chi connectivity index (χ4n) is 6.77. The highest BCUT2D eigenvalue weighted by atomic mass is 35.5. The van der Waals surface area contributed by atoms with Gasteiger partial charge in [0, 0.05) is 48.6 Å². The molecule has 3 aliphatic rings. The minimum absolute atomic E-state index is 0.0188. The third-order valence-electron chi connectivity index (χ3n) is 9.11. The lowest BCUT2D eigenvalue weighted by Crippen LogP contribution is -2.48. The maximum atomic E-state index is 13.3. The molecule has 2 aromatic heterocycles. The van der Waals surface area contributed by atoms with Crippen LogP contribution in [0, 0.1) is 0 Å². The monoisotopic (exact) mass is 571 g/mol. The minimum Gasteiger partial charge on any atom is -0.385 e. The second kappa shape index (κ2) is 10.3. The van der Waals surface area contributed by atoms with Crippen LogP contribution in [0.3, 0.4) is 0 Å². The third-order valence-corrected chi connectivity index (χ3v) is 9.36. The number of anilines is 3. The molecule has 3 N–H and O–H groups in total. The molecule has 9 nitrogen and oxygen atoms in total. The predicted molar refractivity (Wildman–Crippen MR) is 160 cm³/mol. The van der Waals surface area contributed by atoms with Gasteiger partial charge in [-0.2, -0.15) is 4.98 Å². The van der Waals surface area contributed by atoms with Crippen molar-refractivity contribution in [3.05, 3.63) is 83.0 Å². The summed E-state index contributed by atoms with van der Waals surface area (Å²) in [5.74, 6) is 0.597. The van der Waals surface area contributed by atoms with Crippen molar-refractivity contribution >= 4 is 40.5 Å². The van der Waals surface area contributed by atoms with Crippen LogP contribution in [-0.2, 0) is 5.60 Å². The molecule has 0 radical (unpaired) electrons. The number of aromatic nitrogens is 3. The van der Waals surface area contributed by atoms with E-state index in [2.05, 4.69) is 25.5 Å². The first-order chi connectivity index (χ1) is 19.9. The number of pyridine rings is 1. The van der Waals surface area contributed by atoms with E-state index in [1.54, 1.807) is 4.52 Å². The fraction of sp³-hybridized carbons (Fsp3) is 0.387. The maximum absolute atomic E-state index is 13.3. The quantitative estimate of drug-likeness (QED) is 0.322. The third kappa shape index (κ3) is 4.81. The second-order valence-corrected chi connectivity index (χ2v) is 12.0. The van der Waals surface area contributed by atoms with Crippen LogP contribution in [0.4, 0.5) is 17.3 Å². The lowest BCUT2D eigenvalue weighted by Gasteiger charge is -2.39. The highest BCUT2D eigenvalue weighted by Crippen LogP contribution is 2.37. The Hall–Kier alpha value is -3.66. The molecule has 10 heteroatoms. The molecule has 7 rings (SSSR count). The molecule has 2 aromatic carbocycles. The zero-order valence-corrected chi connectivity index (χ0v) is 23.6. The molecule has 1 atom stereocenters. The van der Waals surface area contributed by atoms with Gasteiger partial charge in [-0.1, -0.05) is 23.7 Å². The van der Waals surface area contributed by atoms with Crippen LogP contribution < -0.4 is 15.5 Å². The summed E-state index contributed by atoms with van der Waals surface area (Å²) < 4.78 is 1.78. The van der Waals surface area contributed by atoms with E-state index in [1.165, 1.54) is 0 Å². The van der Waals surface area contributed by atoms with E-state index < -0.39 is 5.60 Å². The number of benzene rings is 2. The van der Waals surface area contributed by atoms with Gasteiger partial charge in [0.2, 0.25) is 5.95 Å². The first kappa shape index (κ1) is 26.3. The Balaban J connectivity index is 1.05. The van der Waals surface area contributed by atoms with Crippen molar-refractivity contribution < 1.29 is 9.90 Å². The van der Waals surface area contributed by atoms with Crippen molar-refractivity contribution in [2.24, 2.45) is 0 Å². The van der Waals surface area contributed by atoms with Gasteiger partial charge in [-0.15, -0.1) is 5.10 Å². The van der Waals surface area contributed by atoms with Crippen molar-refractivity contribution in [3.8, 4) is 0 Å². The highest BCUT2D eigenvalue weighted by Gasteiger charge is 2.45. The van der Waals surface area contributed by atoms with E-state index in [9.17, 15) is 9.90 Å². The zero-order chi connectivity index (χ0) is 28.0. The van der Waals surface area contributed by atoms with Crippen molar-refractivity contribution in [2.75, 3.05) is 42.9 Å². The Bertz CT molecular complexity index is 1550. The Kier molecular flexibility index (Phi) is 6.60. The van der Waals surface area contributed by atoms with E-state index in [0.717, 1.165) is 61.5 Å². The number of carbonyl (C=O) groups excluding carboxylic acids is 1. The van der Waals surface area contributed by atoms with Crippen LogP contribution in [0.5, 0.6) is 0 Å². The number of hydrogen-bond acceptors (Lipinski definition) is 7. The van der Waals surface area contributed by atoms with E-state index in [0.29, 0.717) is 42.5 Å². The predicted octanol–water partition coefficient (Wildman–Crippen LogP) is 4.58. The van der Waals surface area contributed by atoms with E-state index in [4.69, 9.17) is 16.6 Å².